The number of rotatable bonds is 7. The van der Waals surface area contributed by atoms with Crippen LogP contribution < -0.4 is 10.4 Å². The Labute approximate surface area is 181 Å². The van der Waals surface area contributed by atoms with Gasteiger partial charge in [0, 0.05) is 30.6 Å². The fraction of sp³-hybridized carbons (Fsp3) is 0.0952. The van der Waals surface area contributed by atoms with Crippen LogP contribution in [0.3, 0.4) is 0 Å². The van der Waals surface area contributed by atoms with Gasteiger partial charge in [-0.2, -0.15) is 0 Å². The molecule has 32 heavy (non-hydrogen) atoms. The van der Waals surface area contributed by atoms with Gasteiger partial charge in [0.05, 0.1) is 23.3 Å². The van der Waals surface area contributed by atoms with Crippen LogP contribution >= 0.6 is 0 Å². The van der Waals surface area contributed by atoms with E-state index in [1.165, 1.54) is 41.1 Å². The zero-order valence-corrected chi connectivity index (χ0v) is 17.5. The summed E-state index contributed by atoms with van der Waals surface area (Å²) in [6.07, 6.45) is 4.44. The van der Waals surface area contributed by atoms with Crippen molar-refractivity contribution < 1.29 is 26.7 Å². The number of esters is 1. The van der Waals surface area contributed by atoms with Crippen molar-refractivity contribution in [3.8, 4) is 11.1 Å². The van der Waals surface area contributed by atoms with Crippen molar-refractivity contribution in [1.82, 2.24) is 9.55 Å². The van der Waals surface area contributed by atoms with E-state index in [0.717, 1.165) is 7.11 Å². The number of nitrogens with zero attached hydrogens (tertiary/aromatic N) is 2. The quantitative estimate of drug-likeness (QED) is 0.428. The van der Waals surface area contributed by atoms with Crippen molar-refractivity contribution in [2.75, 3.05) is 11.8 Å². The summed E-state index contributed by atoms with van der Waals surface area (Å²) in [4.78, 5) is 26.7. The molecule has 8 nitrogen and oxygen atoms in total. The van der Waals surface area contributed by atoms with Gasteiger partial charge >= 0.3 is 11.7 Å². The maximum absolute atomic E-state index is 14.2. The van der Waals surface area contributed by atoms with Crippen molar-refractivity contribution in [2.45, 2.75) is 11.4 Å². The number of sulfonamides is 1. The van der Waals surface area contributed by atoms with Crippen LogP contribution in [0.5, 0.6) is 0 Å². The van der Waals surface area contributed by atoms with Gasteiger partial charge in [-0.15, -0.1) is 6.58 Å². The predicted molar refractivity (Wildman–Crippen MR) is 113 cm³/mol. The minimum atomic E-state index is -4.27. The fourth-order valence-electron chi connectivity index (χ4n) is 2.80. The summed E-state index contributed by atoms with van der Waals surface area (Å²) in [5.74, 6) is -3.39. The minimum absolute atomic E-state index is 0.217. The third-order valence-electron chi connectivity index (χ3n) is 4.38. The van der Waals surface area contributed by atoms with E-state index in [2.05, 4.69) is 16.3 Å². The summed E-state index contributed by atoms with van der Waals surface area (Å²) >= 11 is 0. The smallest absolute Gasteiger partial charge is 0.347 e. The van der Waals surface area contributed by atoms with Crippen LogP contribution in [0.25, 0.3) is 11.1 Å². The lowest BCUT2D eigenvalue weighted by molar-refractivity contribution is 0.0595. The molecule has 1 heterocycles. The molecule has 3 aromatic rings. The van der Waals surface area contributed by atoms with Crippen molar-refractivity contribution in [1.29, 1.82) is 0 Å². The van der Waals surface area contributed by atoms with Gasteiger partial charge in [0.15, 0.2) is 0 Å². The number of carbonyl (C=O) groups is 1. The summed E-state index contributed by atoms with van der Waals surface area (Å²) in [5.41, 5.74) is -0.642. The molecule has 0 atom stereocenters. The monoisotopic (exact) mass is 461 g/mol. The number of benzene rings is 2. The molecule has 0 unspecified atom stereocenters. The molecule has 0 bridgehead atoms. The van der Waals surface area contributed by atoms with E-state index >= 15 is 0 Å². The molecule has 0 saturated carbocycles. The number of hydrogen-bond acceptors (Lipinski definition) is 6. The Hall–Kier alpha value is -3.86. The summed E-state index contributed by atoms with van der Waals surface area (Å²) in [6, 6.07) is 6.59. The van der Waals surface area contributed by atoms with E-state index in [4.69, 9.17) is 0 Å². The Morgan fingerprint density at radius 3 is 2.50 bits per heavy atom. The number of nitrogens with one attached hydrogen (secondary N) is 1. The standard InChI is InChI=1S/C21H17F2N3O5S/c1-3-8-26-12-14(11-24-21(26)28)13-4-6-15(7-5-13)32(29,30)25-19-10-17(22)16(9-18(19)23)20(27)31-2/h3-7,9-12,25H,1,8H2,2H3. The number of ether oxygens (including phenoxy) is 1. The number of anilines is 1. The highest BCUT2D eigenvalue weighted by atomic mass is 32.2. The largest absolute Gasteiger partial charge is 0.465 e. The normalized spacial score (nSPS) is 11.1. The molecule has 0 spiro atoms. The zero-order chi connectivity index (χ0) is 23.5. The lowest BCUT2D eigenvalue weighted by Crippen LogP contribution is -2.21. The molecule has 166 valence electrons. The molecule has 1 aromatic heterocycles. The first-order valence-electron chi connectivity index (χ1n) is 9.04. The second-order valence-corrected chi connectivity index (χ2v) is 8.18. The number of carbonyl (C=O) groups excluding carboxylic acids is 1. The molecule has 11 heteroatoms. The Morgan fingerprint density at radius 1 is 1.19 bits per heavy atom. The van der Waals surface area contributed by atoms with Gasteiger partial charge in [-0.3, -0.25) is 9.29 Å². The maximum Gasteiger partial charge on any atom is 0.347 e. The van der Waals surface area contributed by atoms with Gasteiger partial charge in [-0.05, 0) is 23.8 Å². The van der Waals surface area contributed by atoms with Gasteiger partial charge in [-0.1, -0.05) is 18.2 Å². The first kappa shape index (κ1) is 22.8. The van der Waals surface area contributed by atoms with Gasteiger partial charge in [0.25, 0.3) is 10.0 Å². The van der Waals surface area contributed by atoms with Gasteiger partial charge < -0.3 is 4.74 Å². The van der Waals surface area contributed by atoms with Crippen LogP contribution in [0, 0.1) is 11.6 Å². The van der Waals surface area contributed by atoms with E-state index in [1.807, 2.05) is 4.72 Å². The van der Waals surface area contributed by atoms with Crippen LogP contribution in [0.4, 0.5) is 14.5 Å². The highest BCUT2D eigenvalue weighted by Crippen LogP contribution is 2.25. The minimum Gasteiger partial charge on any atom is -0.465 e. The van der Waals surface area contributed by atoms with Crippen molar-refractivity contribution in [3.63, 3.8) is 0 Å². The molecule has 0 radical (unpaired) electrons. The van der Waals surface area contributed by atoms with Crippen LogP contribution in [0.15, 0.2) is 71.1 Å². The van der Waals surface area contributed by atoms with E-state index in [9.17, 15) is 26.8 Å². The maximum atomic E-state index is 14.2. The van der Waals surface area contributed by atoms with Crippen molar-refractivity contribution >= 4 is 21.7 Å². The second kappa shape index (κ2) is 9.10. The van der Waals surface area contributed by atoms with Crippen molar-refractivity contribution in [2.24, 2.45) is 0 Å². The number of hydrogen-bond donors (Lipinski definition) is 1. The highest BCUT2D eigenvalue weighted by molar-refractivity contribution is 7.92. The number of halogens is 2. The van der Waals surface area contributed by atoms with E-state index in [0.29, 0.717) is 23.3 Å². The van der Waals surface area contributed by atoms with Crippen LogP contribution in [-0.4, -0.2) is 31.0 Å². The molecule has 3 rings (SSSR count). The second-order valence-electron chi connectivity index (χ2n) is 6.50. The first-order valence-corrected chi connectivity index (χ1v) is 10.5. The number of methoxy groups -OCH3 is 1. The van der Waals surface area contributed by atoms with Crippen LogP contribution in [0.2, 0.25) is 0 Å². The molecule has 0 aliphatic rings. The Balaban J connectivity index is 1.88. The van der Waals surface area contributed by atoms with Gasteiger partial charge in [-0.25, -0.2) is 31.8 Å². The summed E-state index contributed by atoms with van der Waals surface area (Å²) in [5, 5.41) is 0. The molecule has 0 fully saturated rings. The van der Waals surface area contributed by atoms with Crippen molar-refractivity contribution in [3.05, 3.63) is 89.1 Å². The Kier molecular flexibility index (Phi) is 6.49. The molecule has 0 amide bonds. The molecule has 1 N–H and O–H groups in total. The molecule has 2 aromatic carbocycles. The van der Waals surface area contributed by atoms with E-state index in [-0.39, 0.29) is 11.4 Å². The molecule has 0 aliphatic carbocycles. The summed E-state index contributed by atoms with van der Waals surface area (Å²) in [7, 11) is -3.27. The third-order valence-corrected chi connectivity index (χ3v) is 5.77. The number of aromatic nitrogens is 2. The fourth-order valence-corrected chi connectivity index (χ4v) is 3.85. The SMILES string of the molecule is C=CCn1cc(-c2ccc(S(=O)(=O)Nc3cc(F)c(C(=O)OC)cc3F)cc2)cnc1=O. The summed E-state index contributed by atoms with van der Waals surface area (Å²) in [6.45, 7) is 3.82. The van der Waals surface area contributed by atoms with E-state index < -0.39 is 44.6 Å². The topological polar surface area (TPSA) is 107 Å². The van der Waals surface area contributed by atoms with E-state index in [1.54, 1.807) is 6.20 Å². The average Bonchev–Trinajstić information content (AvgIpc) is 2.77. The Morgan fingerprint density at radius 2 is 1.88 bits per heavy atom. The summed E-state index contributed by atoms with van der Waals surface area (Å²) < 4.78 is 61.2. The number of allylic oxidation sites excluding steroid dienone is 1. The molecule has 0 aliphatic heterocycles. The van der Waals surface area contributed by atoms with Gasteiger partial charge in [0.2, 0.25) is 0 Å². The first-order chi connectivity index (χ1) is 15.2. The van der Waals surface area contributed by atoms with Crippen LogP contribution in [0.1, 0.15) is 10.4 Å². The highest BCUT2D eigenvalue weighted by Gasteiger charge is 2.21. The predicted octanol–water partition coefficient (Wildman–Crippen LogP) is 2.96. The lowest BCUT2D eigenvalue weighted by atomic mass is 10.1. The molecule has 0 saturated heterocycles. The third kappa shape index (κ3) is 4.72. The van der Waals surface area contributed by atoms with Crippen LogP contribution in [-0.2, 0) is 21.3 Å². The average molecular weight is 461 g/mol. The van der Waals surface area contributed by atoms with Gasteiger partial charge in [0.1, 0.15) is 11.6 Å². The lowest BCUT2D eigenvalue weighted by Gasteiger charge is -2.11. The Bertz CT molecular complexity index is 1350. The molecular formula is C21H17F2N3O5S. The molecular weight excluding hydrogens is 444 g/mol. The zero-order valence-electron chi connectivity index (χ0n) is 16.7.